The van der Waals surface area contributed by atoms with E-state index in [4.69, 9.17) is 0 Å². The lowest BCUT2D eigenvalue weighted by atomic mass is 10.1. The van der Waals surface area contributed by atoms with E-state index >= 15 is 0 Å². The average Bonchev–Trinajstić information content (AvgIpc) is 2.86. The Hall–Kier alpha value is -2.23. The van der Waals surface area contributed by atoms with Gasteiger partial charge in [0.15, 0.2) is 5.78 Å². The van der Waals surface area contributed by atoms with Crippen molar-refractivity contribution in [2.75, 3.05) is 0 Å². The molecule has 0 aliphatic rings. The van der Waals surface area contributed by atoms with Gasteiger partial charge in [-0.3, -0.25) is 4.79 Å². The number of unbranched alkanes of at least 4 members (excludes halogenated alkanes) is 1. The third-order valence-corrected chi connectivity index (χ3v) is 3.58. The maximum absolute atomic E-state index is 12.4. The van der Waals surface area contributed by atoms with Crippen molar-refractivity contribution < 1.29 is 9.59 Å². The minimum Gasteiger partial charge on any atom is -0.300 e. The molecule has 1 aromatic heterocycles. The van der Waals surface area contributed by atoms with E-state index in [1.165, 1.54) is 5.56 Å². The molecule has 1 aromatic carbocycles. The van der Waals surface area contributed by atoms with Crippen molar-refractivity contribution in [2.24, 2.45) is 0 Å². The number of aryl methyl sites for hydroxylation is 2. The van der Waals surface area contributed by atoms with Crippen molar-refractivity contribution in [3.63, 3.8) is 0 Å². The lowest BCUT2D eigenvalue weighted by Gasteiger charge is -2.07. The Morgan fingerprint density at radius 2 is 1.68 bits per heavy atom. The van der Waals surface area contributed by atoms with Crippen LogP contribution in [0.25, 0.3) is 5.69 Å². The molecule has 0 atom stereocenters. The molecular formula is C18H22N2O2. The number of benzene rings is 1. The molecule has 0 amide bonds. The zero-order valence-corrected chi connectivity index (χ0v) is 13.4. The first-order chi connectivity index (χ1) is 10.5. The van der Waals surface area contributed by atoms with E-state index in [2.05, 4.69) is 5.10 Å². The van der Waals surface area contributed by atoms with Crippen LogP contribution in [-0.2, 0) is 4.79 Å². The highest BCUT2D eigenvalue weighted by Gasteiger charge is 2.15. The van der Waals surface area contributed by atoms with Gasteiger partial charge in [0.1, 0.15) is 11.5 Å². The summed E-state index contributed by atoms with van der Waals surface area (Å²) in [7, 11) is 0. The van der Waals surface area contributed by atoms with Gasteiger partial charge in [0.2, 0.25) is 0 Å². The van der Waals surface area contributed by atoms with Crippen LogP contribution in [0.2, 0.25) is 0 Å². The smallest absolute Gasteiger partial charge is 0.181 e. The number of ketones is 2. The fourth-order valence-corrected chi connectivity index (χ4v) is 2.37. The number of hydrogen-bond donors (Lipinski definition) is 0. The van der Waals surface area contributed by atoms with Crippen LogP contribution in [0, 0.1) is 13.8 Å². The molecule has 2 rings (SSSR count). The van der Waals surface area contributed by atoms with Crippen LogP contribution in [0.1, 0.15) is 54.4 Å². The van der Waals surface area contributed by atoms with Crippen LogP contribution in [0.3, 0.4) is 0 Å². The number of carbonyl (C=O) groups excluding carboxylic acids is 2. The van der Waals surface area contributed by atoms with Gasteiger partial charge < -0.3 is 4.79 Å². The molecule has 0 spiro atoms. The van der Waals surface area contributed by atoms with Gasteiger partial charge in [0.25, 0.3) is 0 Å². The lowest BCUT2D eigenvalue weighted by Crippen LogP contribution is -2.09. The number of rotatable bonds is 7. The quantitative estimate of drug-likeness (QED) is 0.577. The molecule has 4 nitrogen and oxygen atoms in total. The molecular weight excluding hydrogens is 276 g/mol. The molecule has 0 fully saturated rings. The minimum absolute atomic E-state index is 0.0738. The second-order valence-electron chi connectivity index (χ2n) is 5.75. The number of carbonyl (C=O) groups is 2. The number of Topliss-reactive ketones (excluding diaryl/α,β-unsaturated/α-hetero) is 2. The molecule has 0 aliphatic heterocycles. The second kappa shape index (κ2) is 7.16. The van der Waals surface area contributed by atoms with E-state index in [9.17, 15) is 9.59 Å². The Morgan fingerprint density at radius 1 is 1.05 bits per heavy atom. The standard InChI is InChI=1S/C18H22N2O2/c1-13-8-10-16(11-9-13)20-17(12-14(2)19-20)18(22)7-5-4-6-15(3)21/h8-12H,4-7H2,1-3H3. The third kappa shape index (κ3) is 4.13. The summed E-state index contributed by atoms with van der Waals surface area (Å²) in [6.07, 6.45) is 2.49. The Labute approximate surface area is 131 Å². The highest BCUT2D eigenvalue weighted by molar-refractivity contribution is 5.95. The predicted molar refractivity (Wildman–Crippen MR) is 86.5 cm³/mol. The van der Waals surface area contributed by atoms with Crippen LogP contribution in [-0.4, -0.2) is 21.3 Å². The molecule has 0 aliphatic carbocycles. The normalized spacial score (nSPS) is 10.7. The van der Waals surface area contributed by atoms with Gasteiger partial charge in [-0.15, -0.1) is 0 Å². The second-order valence-corrected chi connectivity index (χ2v) is 5.75. The summed E-state index contributed by atoms with van der Waals surface area (Å²) < 4.78 is 1.71. The van der Waals surface area contributed by atoms with Crippen molar-refractivity contribution in [3.05, 3.63) is 47.3 Å². The van der Waals surface area contributed by atoms with Crippen LogP contribution in [0.15, 0.2) is 30.3 Å². The predicted octanol–water partition coefficient (Wildman–Crippen LogP) is 3.82. The van der Waals surface area contributed by atoms with E-state index in [1.54, 1.807) is 11.6 Å². The third-order valence-electron chi connectivity index (χ3n) is 3.58. The van der Waals surface area contributed by atoms with Crippen molar-refractivity contribution in [2.45, 2.75) is 46.5 Å². The summed E-state index contributed by atoms with van der Waals surface area (Å²) >= 11 is 0. The molecule has 0 radical (unpaired) electrons. The first kappa shape index (κ1) is 16.1. The van der Waals surface area contributed by atoms with Crippen molar-refractivity contribution in [1.82, 2.24) is 9.78 Å². The summed E-state index contributed by atoms with van der Waals surface area (Å²) in [6.45, 7) is 5.49. The lowest BCUT2D eigenvalue weighted by molar-refractivity contribution is -0.117. The highest BCUT2D eigenvalue weighted by Crippen LogP contribution is 2.16. The van der Waals surface area contributed by atoms with E-state index in [-0.39, 0.29) is 11.6 Å². The fraction of sp³-hybridized carbons (Fsp3) is 0.389. The van der Waals surface area contributed by atoms with Crippen LogP contribution < -0.4 is 0 Å². The summed E-state index contributed by atoms with van der Waals surface area (Å²) in [4.78, 5) is 23.3. The van der Waals surface area contributed by atoms with Gasteiger partial charge in [-0.05, 0) is 51.8 Å². The van der Waals surface area contributed by atoms with Gasteiger partial charge >= 0.3 is 0 Å². The molecule has 2 aromatic rings. The fourth-order valence-electron chi connectivity index (χ4n) is 2.37. The van der Waals surface area contributed by atoms with Crippen molar-refractivity contribution in [3.8, 4) is 5.69 Å². The first-order valence-electron chi connectivity index (χ1n) is 7.63. The molecule has 4 heteroatoms. The average molecular weight is 298 g/mol. The number of aromatic nitrogens is 2. The van der Waals surface area contributed by atoms with E-state index < -0.39 is 0 Å². The zero-order valence-electron chi connectivity index (χ0n) is 13.4. The summed E-state index contributed by atoms with van der Waals surface area (Å²) in [5.74, 6) is 0.248. The maximum atomic E-state index is 12.4. The van der Waals surface area contributed by atoms with E-state index in [0.29, 0.717) is 18.5 Å². The Kier molecular flexibility index (Phi) is 5.26. The van der Waals surface area contributed by atoms with Crippen LogP contribution in [0.4, 0.5) is 0 Å². The Balaban J connectivity index is 2.12. The molecule has 0 bridgehead atoms. The first-order valence-corrected chi connectivity index (χ1v) is 7.63. The van der Waals surface area contributed by atoms with E-state index in [0.717, 1.165) is 24.2 Å². The Morgan fingerprint density at radius 3 is 2.32 bits per heavy atom. The monoisotopic (exact) mass is 298 g/mol. The van der Waals surface area contributed by atoms with Crippen LogP contribution in [0.5, 0.6) is 0 Å². The molecule has 22 heavy (non-hydrogen) atoms. The van der Waals surface area contributed by atoms with Gasteiger partial charge in [0.05, 0.1) is 11.4 Å². The molecule has 1 heterocycles. The van der Waals surface area contributed by atoms with Crippen LogP contribution >= 0.6 is 0 Å². The van der Waals surface area contributed by atoms with Crippen molar-refractivity contribution >= 4 is 11.6 Å². The van der Waals surface area contributed by atoms with Gasteiger partial charge in [-0.25, -0.2) is 4.68 Å². The molecule has 0 saturated carbocycles. The van der Waals surface area contributed by atoms with Gasteiger partial charge in [-0.1, -0.05) is 17.7 Å². The summed E-state index contributed by atoms with van der Waals surface area (Å²) in [6, 6.07) is 9.77. The SMILES string of the molecule is CC(=O)CCCCC(=O)c1cc(C)nn1-c1ccc(C)cc1. The largest absolute Gasteiger partial charge is 0.300 e. The number of hydrogen-bond acceptors (Lipinski definition) is 3. The topological polar surface area (TPSA) is 52.0 Å². The minimum atomic E-state index is 0.0738. The summed E-state index contributed by atoms with van der Waals surface area (Å²) in [5, 5.41) is 4.43. The van der Waals surface area contributed by atoms with Crippen molar-refractivity contribution in [1.29, 1.82) is 0 Å². The molecule has 116 valence electrons. The highest BCUT2D eigenvalue weighted by atomic mass is 16.1. The molecule has 0 N–H and O–H groups in total. The maximum Gasteiger partial charge on any atom is 0.181 e. The molecule has 0 saturated heterocycles. The zero-order chi connectivity index (χ0) is 16.1. The summed E-state index contributed by atoms with van der Waals surface area (Å²) in [5.41, 5.74) is 3.51. The van der Waals surface area contributed by atoms with Gasteiger partial charge in [0, 0.05) is 12.8 Å². The Bertz CT molecular complexity index is 669. The van der Waals surface area contributed by atoms with E-state index in [1.807, 2.05) is 44.2 Å². The number of nitrogens with zero attached hydrogens (tertiary/aromatic N) is 2. The molecule has 0 unspecified atom stereocenters. The van der Waals surface area contributed by atoms with Gasteiger partial charge in [-0.2, -0.15) is 5.10 Å².